The van der Waals surface area contributed by atoms with Gasteiger partial charge in [0.05, 0.1) is 0 Å². The maximum atomic E-state index is 13.4. The zero-order chi connectivity index (χ0) is 13.8. The number of rotatable bonds is 3. The van der Waals surface area contributed by atoms with E-state index in [1.54, 1.807) is 0 Å². The van der Waals surface area contributed by atoms with Crippen LogP contribution in [0.15, 0.2) is 12.1 Å². The lowest BCUT2D eigenvalue weighted by Gasteiger charge is -2.16. The summed E-state index contributed by atoms with van der Waals surface area (Å²) in [5, 5.41) is 0. The van der Waals surface area contributed by atoms with Crippen LogP contribution in [0.5, 0.6) is 0 Å². The summed E-state index contributed by atoms with van der Waals surface area (Å²) in [7, 11) is 0. The second kappa shape index (κ2) is 5.90. The number of benzene rings is 1. The van der Waals surface area contributed by atoms with E-state index in [1.807, 2.05) is 20.8 Å². The van der Waals surface area contributed by atoms with Gasteiger partial charge in [-0.3, -0.25) is 0 Å². The van der Waals surface area contributed by atoms with E-state index in [2.05, 4.69) is 10.9 Å². The van der Waals surface area contributed by atoms with Gasteiger partial charge in [-0.15, -0.1) is 0 Å². The molecule has 0 atom stereocenters. The second-order valence-electron chi connectivity index (χ2n) is 4.28. The fourth-order valence-corrected chi connectivity index (χ4v) is 1.80. The minimum Gasteiger partial charge on any atom is -0.207 e. The molecule has 0 aromatic heterocycles. The Morgan fingerprint density at radius 3 is 1.83 bits per heavy atom. The van der Waals surface area contributed by atoms with Gasteiger partial charge >= 0.3 is 5.69 Å². The predicted molar refractivity (Wildman–Crippen MR) is 66.5 cm³/mol. The first-order valence-corrected chi connectivity index (χ1v) is 6.10. The molecule has 0 saturated carbocycles. The van der Waals surface area contributed by atoms with E-state index in [0.717, 1.165) is 19.3 Å². The summed E-state index contributed by atoms with van der Waals surface area (Å²) in [4.78, 5) is 3.76. The Morgan fingerprint density at radius 1 is 1.00 bits per heavy atom. The average Bonchev–Trinajstić information content (AvgIpc) is 2.33. The molecular formula is C14H17F3N+. The third kappa shape index (κ3) is 3.04. The third-order valence-corrected chi connectivity index (χ3v) is 3.42. The fourth-order valence-electron chi connectivity index (χ4n) is 1.80. The second-order valence-corrected chi connectivity index (χ2v) is 4.28. The molecule has 1 rings (SSSR count). The lowest BCUT2D eigenvalue weighted by atomic mass is 9.81. The molecular weight excluding hydrogens is 239 g/mol. The van der Waals surface area contributed by atoms with Crippen molar-refractivity contribution in [2.45, 2.75) is 40.0 Å². The molecule has 0 fully saturated rings. The highest BCUT2D eigenvalue weighted by atomic mass is 19.1. The summed E-state index contributed by atoms with van der Waals surface area (Å²) in [6.07, 6.45) is 2.36. The highest BCUT2D eigenvalue weighted by Crippen LogP contribution is 2.31. The van der Waals surface area contributed by atoms with Gasteiger partial charge in [-0.2, -0.15) is 8.78 Å². The maximum absolute atomic E-state index is 13.4. The van der Waals surface area contributed by atoms with E-state index in [9.17, 15) is 13.2 Å². The Balaban J connectivity index is 3.20. The van der Waals surface area contributed by atoms with Gasteiger partial charge < -0.3 is 0 Å². The van der Waals surface area contributed by atoms with Gasteiger partial charge in [-0.1, -0.05) is 20.8 Å². The van der Waals surface area contributed by atoms with E-state index in [1.165, 1.54) is 0 Å². The van der Waals surface area contributed by atoms with E-state index in [0.29, 0.717) is 12.1 Å². The molecule has 0 saturated heterocycles. The molecule has 18 heavy (non-hydrogen) atoms. The normalized spacial score (nSPS) is 11.0. The topological polar surface area (TPSA) is 4.36 Å². The predicted octanol–water partition coefficient (Wildman–Crippen LogP) is 5.28. The van der Waals surface area contributed by atoms with Crippen molar-refractivity contribution in [3.63, 3.8) is 0 Å². The lowest BCUT2D eigenvalue weighted by Crippen LogP contribution is -2.14. The van der Waals surface area contributed by atoms with Gasteiger partial charge in [0.15, 0.2) is 0 Å². The SMILES string of the molecule is CCC(C#[N+]c1c(F)cc(F)cc1F)(CC)CC. The summed E-state index contributed by atoms with van der Waals surface area (Å²) >= 11 is 0. The first-order chi connectivity index (χ1) is 8.48. The van der Waals surface area contributed by atoms with E-state index >= 15 is 0 Å². The third-order valence-electron chi connectivity index (χ3n) is 3.42. The lowest BCUT2D eigenvalue weighted by molar-refractivity contribution is 0.357. The molecule has 0 aliphatic carbocycles. The van der Waals surface area contributed by atoms with Crippen molar-refractivity contribution in [3.8, 4) is 6.07 Å². The number of hydrogen-bond donors (Lipinski definition) is 0. The van der Waals surface area contributed by atoms with Crippen molar-refractivity contribution in [1.29, 1.82) is 0 Å². The van der Waals surface area contributed by atoms with Crippen LogP contribution in [0, 0.1) is 28.9 Å². The Kier molecular flexibility index (Phi) is 4.77. The quantitative estimate of drug-likeness (QED) is 0.692. The van der Waals surface area contributed by atoms with Crippen molar-refractivity contribution in [3.05, 3.63) is 34.4 Å². The summed E-state index contributed by atoms with van der Waals surface area (Å²) in [5.74, 6) is -2.95. The smallest absolute Gasteiger partial charge is 0.207 e. The molecule has 0 radical (unpaired) electrons. The van der Waals surface area contributed by atoms with Crippen LogP contribution in [-0.2, 0) is 0 Å². The number of halogens is 3. The zero-order valence-corrected chi connectivity index (χ0v) is 10.9. The van der Waals surface area contributed by atoms with Gasteiger partial charge in [0, 0.05) is 12.1 Å². The van der Waals surface area contributed by atoms with E-state index in [4.69, 9.17) is 0 Å². The van der Waals surface area contributed by atoms with Gasteiger partial charge in [0.1, 0.15) is 11.2 Å². The number of hydrogen-bond acceptors (Lipinski definition) is 0. The fraction of sp³-hybridized carbons (Fsp3) is 0.500. The van der Waals surface area contributed by atoms with Crippen molar-refractivity contribution in [2.24, 2.45) is 5.41 Å². The van der Waals surface area contributed by atoms with Crippen LogP contribution in [0.4, 0.5) is 18.9 Å². The largest absolute Gasteiger partial charge is 0.410 e. The van der Waals surface area contributed by atoms with Crippen molar-refractivity contribution in [1.82, 2.24) is 0 Å². The van der Waals surface area contributed by atoms with E-state index in [-0.39, 0.29) is 5.41 Å². The van der Waals surface area contributed by atoms with Crippen LogP contribution < -0.4 is 0 Å². The molecule has 0 aliphatic rings. The van der Waals surface area contributed by atoms with E-state index < -0.39 is 23.1 Å². The van der Waals surface area contributed by atoms with Gasteiger partial charge in [-0.25, -0.2) is 4.39 Å². The Hall–Kier alpha value is -1.50. The van der Waals surface area contributed by atoms with Crippen LogP contribution >= 0.6 is 0 Å². The van der Waals surface area contributed by atoms with Gasteiger partial charge in [0.25, 0.3) is 6.07 Å². The summed E-state index contributed by atoms with van der Waals surface area (Å²) in [6, 6.07) is 4.06. The van der Waals surface area contributed by atoms with Crippen LogP contribution in [0.3, 0.4) is 0 Å². The van der Waals surface area contributed by atoms with Crippen molar-refractivity contribution in [2.75, 3.05) is 0 Å². The van der Waals surface area contributed by atoms with Crippen LogP contribution in [0.2, 0.25) is 0 Å². The molecule has 1 aromatic carbocycles. The number of nitrogens with zero attached hydrogens (tertiary/aromatic N) is 1. The first-order valence-electron chi connectivity index (χ1n) is 6.10. The summed E-state index contributed by atoms with van der Waals surface area (Å²) < 4.78 is 39.5. The molecule has 0 spiro atoms. The highest BCUT2D eigenvalue weighted by molar-refractivity contribution is 5.49. The molecule has 98 valence electrons. The summed E-state index contributed by atoms with van der Waals surface area (Å²) in [5.41, 5.74) is -0.760. The molecule has 1 nitrogen and oxygen atoms in total. The average molecular weight is 256 g/mol. The molecule has 0 aliphatic heterocycles. The molecule has 1 aromatic rings. The highest BCUT2D eigenvalue weighted by Gasteiger charge is 2.29. The van der Waals surface area contributed by atoms with Crippen LogP contribution in [0.1, 0.15) is 40.0 Å². The van der Waals surface area contributed by atoms with Gasteiger partial charge in [0.2, 0.25) is 11.6 Å². The molecule has 0 bridgehead atoms. The minimum atomic E-state index is -1.00. The molecule has 0 heterocycles. The monoisotopic (exact) mass is 256 g/mol. The Morgan fingerprint density at radius 2 is 1.44 bits per heavy atom. The van der Waals surface area contributed by atoms with Crippen molar-refractivity contribution >= 4 is 5.69 Å². The van der Waals surface area contributed by atoms with Crippen LogP contribution in [-0.4, -0.2) is 0 Å². The Labute approximate surface area is 105 Å². The molecule has 0 amide bonds. The minimum absolute atomic E-state index is 0.284. The first kappa shape index (κ1) is 14.6. The standard InChI is InChI=1S/C14H17F3N/c1-4-14(5-2,6-3)9-18-13-11(16)7-10(15)8-12(13)17/h7-8H,4-6H2,1-3H3/q+1. The van der Waals surface area contributed by atoms with Crippen molar-refractivity contribution < 1.29 is 13.2 Å². The Bertz CT molecular complexity index is 450. The maximum Gasteiger partial charge on any atom is 0.410 e. The summed E-state index contributed by atoms with van der Waals surface area (Å²) in [6.45, 7) is 5.94. The molecule has 4 heteroatoms. The van der Waals surface area contributed by atoms with Gasteiger partial charge in [-0.05, 0) is 24.1 Å². The zero-order valence-electron chi connectivity index (χ0n) is 10.9. The molecule has 0 N–H and O–H groups in total. The molecule has 0 unspecified atom stereocenters. The van der Waals surface area contributed by atoms with Crippen LogP contribution in [0.25, 0.3) is 4.85 Å².